The van der Waals surface area contributed by atoms with Crippen molar-refractivity contribution in [2.75, 3.05) is 0 Å². The highest BCUT2D eigenvalue weighted by Gasteiger charge is 2.40. The van der Waals surface area contributed by atoms with Gasteiger partial charge in [-0.2, -0.15) is 0 Å². The van der Waals surface area contributed by atoms with E-state index in [9.17, 15) is 5.11 Å². The molecule has 0 radical (unpaired) electrons. The third-order valence-electron chi connectivity index (χ3n) is 4.43. The molecule has 0 aliphatic heterocycles. The molecule has 0 heterocycles. The van der Waals surface area contributed by atoms with Crippen LogP contribution in [-0.2, 0) is 18.4 Å². The zero-order valence-electron chi connectivity index (χ0n) is 11.8. The van der Waals surface area contributed by atoms with Gasteiger partial charge in [-0.3, -0.25) is 0 Å². The summed E-state index contributed by atoms with van der Waals surface area (Å²) in [5.41, 5.74) is 3.78. The van der Waals surface area contributed by atoms with Crippen LogP contribution in [0.2, 0.25) is 0 Å². The normalized spacial score (nSPS) is 25.3. The highest BCUT2D eigenvalue weighted by molar-refractivity contribution is 5.42. The molecule has 2 atom stereocenters. The lowest BCUT2D eigenvalue weighted by Crippen LogP contribution is -2.39. The third-order valence-corrected chi connectivity index (χ3v) is 4.43. The molecule has 0 bridgehead atoms. The van der Waals surface area contributed by atoms with Crippen LogP contribution in [0.3, 0.4) is 0 Å². The van der Waals surface area contributed by atoms with Gasteiger partial charge in [0.1, 0.15) is 0 Å². The van der Waals surface area contributed by atoms with E-state index >= 15 is 0 Å². The number of aliphatic hydroxyl groups is 1. The Morgan fingerprint density at radius 2 is 1.75 bits per heavy atom. The lowest BCUT2D eigenvalue weighted by atomic mass is 9.68. The van der Waals surface area contributed by atoms with Crippen LogP contribution < -0.4 is 0 Å². The standard InChI is InChI=1S/C19H20O/c1-14-12-16-10-6-7-11-17(16)19(2,20)18(14)13-15-8-4-3-5-9-15/h3-11,18,20H,1,12-13H2,2H3. The Balaban J connectivity index is 1.98. The molecule has 1 aliphatic carbocycles. The molecule has 1 aliphatic rings. The van der Waals surface area contributed by atoms with E-state index in [2.05, 4.69) is 24.8 Å². The van der Waals surface area contributed by atoms with Crippen molar-refractivity contribution >= 4 is 0 Å². The minimum atomic E-state index is -0.845. The number of benzene rings is 2. The maximum atomic E-state index is 11.1. The zero-order valence-corrected chi connectivity index (χ0v) is 11.8. The summed E-state index contributed by atoms with van der Waals surface area (Å²) in [7, 11) is 0. The highest BCUT2D eigenvalue weighted by Crippen LogP contribution is 2.43. The van der Waals surface area contributed by atoms with Crippen molar-refractivity contribution in [1.82, 2.24) is 0 Å². The molecule has 2 aromatic carbocycles. The van der Waals surface area contributed by atoms with Crippen LogP contribution in [0.1, 0.15) is 23.6 Å². The van der Waals surface area contributed by atoms with E-state index in [4.69, 9.17) is 0 Å². The molecule has 2 unspecified atom stereocenters. The van der Waals surface area contributed by atoms with Gasteiger partial charge in [-0.25, -0.2) is 0 Å². The van der Waals surface area contributed by atoms with Crippen molar-refractivity contribution in [1.29, 1.82) is 0 Å². The Labute approximate surface area is 120 Å². The summed E-state index contributed by atoms with van der Waals surface area (Å²) in [6.07, 6.45) is 1.70. The van der Waals surface area contributed by atoms with E-state index in [1.54, 1.807) is 0 Å². The molecule has 1 N–H and O–H groups in total. The molecule has 0 amide bonds. The van der Waals surface area contributed by atoms with Gasteiger partial charge in [-0.1, -0.05) is 66.7 Å². The van der Waals surface area contributed by atoms with E-state index < -0.39 is 5.60 Å². The van der Waals surface area contributed by atoms with Gasteiger partial charge >= 0.3 is 0 Å². The van der Waals surface area contributed by atoms with Crippen molar-refractivity contribution < 1.29 is 5.11 Å². The van der Waals surface area contributed by atoms with Crippen molar-refractivity contribution in [3.05, 3.63) is 83.4 Å². The van der Waals surface area contributed by atoms with E-state index in [1.165, 1.54) is 11.1 Å². The number of fused-ring (bicyclic) bond motifs is 1. The second-order valence-corrected chi connectivity index (χ2v) is 5.88. The predicted octanol–water partition coefficient (Wildman–Crippen LogP) is 3.87. The largest absolute Gasteiger partial charge is 0.385 e. The van der Waals surface area contributed by atoms with E-state index in [0.29, 0.717) is 0 Å². The first-order valence-corrected chi connectivity index (χ1v) is 7.11. The maximum absolute atomic E-state index is 11.1. The van der Waals surface area contributed by atoms with Gasteiger partial charge in [-0.05, 0) is 36.5 Å². The Morgan fingerprint density at radius 3 is 2.50 bits per heavy atom. The Hall–Kier alpha value is -1.86. The zero-order chi connectivity index (χ0) is 14.2. The van der Waals surface area contributed by atoms with Gasteiger partial charge in [0.05, 0.1) is 5.60 Å². The summed E-state index contributed by atoms with van der Waals surface area (Å²) in [5.74, 6) is 0.0693. The first-order valence-electron chi connectivity index (χ1n) is 7.11. The second kappa shape index (κ2) is 4.92. The molecular formula is C19H20O. The van der Waals surface area contributed by atoms with Gasteiger partial charge in [0.15, 0.2) is 0 Å². The van der Waals surface area contributed by atoms with Gasteiger partial charge in [0.25, 0.3) is 0 Å². The minimum Gasteiger partial charge on any atom is -0.385 e. The second-order valence-electron chi connectivity index (χ2n) is 5.88. The average molecular weight is 264 g/mol. The molecule has 2 aromatic rings. The summed E-state index contributed by atoms with van der Waals surface area (Å²) in [6.45, 7) is 6.15. The number of hydrogen-bond acceptors (Lipinski definition) is 1. The van der Waals surface area contributed by atoms with Gasteiger partial charge in [-0.15, -0.1) is 0 Å². The predicted molar refractivity (Wildman–Crippen MR) is 82.5 cm³/mol. The highest BCUT2D eigenvalue weighted by atomic mass is 16.3. The summed E-state index contributed by atoms with van der Waals surface area (Å²) < 4.78 is 0. The summed E-state index contributed by atoms with van der Waals surface area (Å²) in [4.78, 5) is 0. The van der Waals surface area contributed by atoms with Crippen LogP contribution in [0.5, 0.6) is 0 Å². The SMILES string of the molecule is C=C1Cc2ccccc2C(C)(O)C1Cc1ccccc1. The fourth-order valence-electron chi connectivity index (χ4n) is 3.31. The van der Waals surface area contributed by atoms with Crippen molar-refractivity contribution in [3.8, 4) is 0 Å². The molecule has 1 nitrogen and oxygen atoms in total. The minimum absolute atomic E-state index is 0.0693. The number of rotatable bonds is 2. The molecule has 0 aromatic heterocycles. The Morgan fingerprint density at radius 1 is 1.10 bits per heavy atom. The smallest absolute Gasteiger partial charge is 0.0939 e. The fourth-order valence-corrected chi connectivity index (χ4v) is 3.31. The molecule has 0 saturated carbocycles. The molecule has 0 spiro atoms. The maximum Gasteiger partial charge on any atom is 0.0939 e. The van der Waals surface area contributed by atoms with Crippen molar-refractivity contribution in [2.45, 2.75) is 25.4 Å². The lowest BCUT2D eigenvalue weighted by Gasteiger charge is -2.40. The van der Waals surface area contributed by atoms with Crippen LogP contribution in [-0.4, -0.2) is 5.11 Å². The quantitative estimate of drug-likeness (QED) is 0.816. The van der Waals surface area contributed by atoms with Gasteiger partial charge in [0.2, 0.25) is 0 Å². The molecule has 0 saturated heterocycles. The summed E-state index contributed by atoms with van der Waals surface area (Å²) in [5, 5.41) is 11.1. The van der Waals surface area contributed by atoms with Crippen molar-refractivity contribution in [3.63, 3.8) is 0 Å². The van der Waals surface area contributed by atoms with E-state index in [1.807, 2.05) is 43.3 Å². The topological polar surface area (TPSA) is 20.2 Å². The Kier molecular flexibility index (Phi) is 3.23. The molecule has 20 heavy (non-hydrogen) atoms. The van der Waals surface area contributed by atoms with E-state index in [0.717, 1.165) is 24.0 Å². The summed E-state index contributed by atoms with van der Waals surface area (Å²) in [6, 6.07) is 18.5. The Bertz CT molecular complexity index is 625. The monoisotopic (exact) mass is 264 g/mol. The van der Waals surface area contributed by atoms with E-state index in [-0.39, 0.29) is 5.92 Å². The first kappa shape index (κ1) is 13.1. The first-order chi connectivity index (χ1) is 9.59. The third kappa shape index (κ3) is 2.19. The van der Waals surface area contributed by atoms with Crippen LogP contribution in [0.25, 0.3) is 0 Å². The van der Waals surface area contributed by atoms with Crippen molar-refractivity contribution in [2.24, 2.45) is 5.92 Å². The molecule has 1 heteroatoms. The summed E-state index contributed by atoms with van der Waals surface area (Å²) >= 11 is 0. The molecule has 3 rings (SSSR count). The molecule has 0 fully saturated rings. The average Bonchev–Trinajstić information content (AvgIpc) is 2.45. The number of hydrogen-bond donors (Lipinski definition) is 1. The van der Waals surface area contributed by atoms with Crippen LogP contribution in [0, 0.1) is 5.92 Å². The van der Waals surface area contributed by atoms with Crippen LogP contribution in [0.4, 0.5) is 0 Å². The molecule has 102 valence electrons. The van der Waals surface area contributed by atoms with Crippen LogP contribution >= 0.6 is 0 Å². The molecular weight excluding hydrogens is 244 g/mol. The fraction of sp³-hybridized carbons (Fsp3) is 0.263. The van der Waals surface area contributed by atoms with Gasteiger partial charge in [0, 0.05) is 5.92 Å². The van der Waals surface area contributed by atoms with Crippen LogP contribution in [0.15, 0.2) is 66.7 Å². The lowest BCUT2D eigenvalue weighted by molar-refractivity contribution is 0.00283. The van der Waals surface area contributed by atoms with Gasteiger partial charge < -0.3 is 5.11 Å².